The van der Waals surface area contributed by atoms with Gasteiger partial charge in [0.25, 0.3) is 0 Å². The Hall–Kier alpha value is -0.890. The molecule has 8 heteroatoms. The molecule has 24 heavy (non-hydrogen) atoms. The molecule has 2 aliphatic carbocycles. The second-order valence-electron chi connectivity index (χ2n) is 5.88. The van der Waals surface area contributed by atoms with Crippen molar-refractivity contribution in [2.75, 3.05) is 28.3 Å². The lowest BCUT2D eigenvalue weighted by Gasteiger charge is -2.26. The van der Waals surface area contributed by atoms with Gasteiger partial charge in [-0.05, 0) is 37.5 Å². The third-order valence-corrected chi connectivity index (χ3v) is 4.21. The van der Waals surface area contributed by atoms with Crippen molar-refractivity contribution >= 4 is 24.3 Å². The molecule has 0 heterocycles. The number of nitrogens with zero attached hydrogens (tertiary/aromatic N) is 1. The van der Waals surface area contributed by atoms with Crippen LogP contribution in [0.1, 0.15) is 51.4 Å². The molecule has 0 saturated heterocycles. The minimum absolute atomic E-state index is 0. The van der Waals surface area contributed by atoms with Crippen LogP contribution in [0.15, 0.2) is 0 Å². The lowest BCUT2D eigenvalue weighted by atomic mass is 9.83. The number of carbonyl (C=O) groups is 2. The molecule has 0 spiro atoms. The zero-order valence-corrected chi connectivity index (χ0v) is 16.1. The number of carboxylic acids is 1. The van der Waals surface area contributed by atoms with Crippen molar-refractivity contribution in [1.29, 1.82) is 0 Å². The number of hydrogen-bond donors (Lipinski definition) is 2. The largest absolute Gasteiger partial charge is 0.481 e. The number of halogens is 1. The van der Waals surface area contributed by atoms with E-state index in [1.54, 1.807) is 21.2 Å². The van der Waals surface area contributed by atoms with Crippen molar-refractivity contribution in [3.8, 4) is 0 Å². The molecule has 0 aromatic rings. The standard InChI is InChI=1S/C8H15NO2.C6H10O2.C2H7NO.ClH/c1-9(11-2)8(10)6-7-4-3-5-7;7-6(8)4-5-2-1-3-5;1-3-4-2;/h7H,3-6H2,1-2H3;5H,1-4H2,(H,7,8);3H,1-2H3;1H. The summed E-state index contributed by atoms with van der Waals surface area (Å²) in [7, 11) is 6.44. The average molecular weight is 369 g/mol. The van der Waals surface area contributed by atoms with Gasteiger partial charge in [0.1, 0.15) is 0 Å². The van der Waals surface area contributed by atoms with E-state index in [-0.39, 0.29) is 18.3 Å². The van der Waals surface area contributed by atoms with E-state index in [1.165, 1.54) is 37.9 Å². The van der Waals surface area contributed by atoms with Gasteiger partial charge in [0.15, 0.2) is 0 Å². The van der Waals surface area contributed by atoms with Crippen LogP contribution in [-0.2, 0) is 19.3 Å². The molecule has 0 unspecified atom stereocenters. The topological polar surface area (TPSA) is 88.1 Å². The van der Waals surface area contributed by atoms with Gasteiger partial charge in [-0.1, -0.05) is 12.8 Å². The van der Waals surface area contributed by atoms with E-state index in [4.69, 9.17) is 9.94 Å². The molecule has 0 aromatic heterocycles. The predicted octanol–water partition coefficient (Wildman–Crippen LogP) is 2.65. The first-order valence-corrected chi connectivity index (χ1v) is 8.16. The lowest BCUT2D eigenvalue weighted by molar-refractivity contribution is -0.170. The fourth-order valence-electron chi connectivity index (χ4n) is 2.12. The molecule has 2 fully saturated rings. The molecule has 144 valence electrons. The van der Waals surface area contributed by atoms with E-state index in [0.717, 1.165) is 12.8 Å². The van der Waals surface area contributed by atoms with Crippen LogP contribution in [0.3, 0.4) is 0 Å². The van der Waals surface area contributed by atoms with E-state index >= 15 is 0 Å². The van der Waals surface area contributed by atoms with E-state index in [1.807, 2.05) is 0 Å². The summed E-state index contributed by atoms with van der Waals surface area (Å²) in [5, 5.41) is 9.55. The summed E-state index contributed by atoms with van der Waals surface area (Å²) in [5.74, 6) is 0.583. The SMILES string of the molecule is CNOC.CON(C)C(=O)CC1CCC1.Cl.O=C(O)CC1CCC1. The number of rotatable bonds is 6. The number of nitrogens with one attached hydrogen (secondary N) is 1. The summed E-state index contributed by atoms with van der Waals surface area (Å²) in [6.45, 7) is 0. The minimum atomic E-state index is -0.644. The van der Waals surface area contributed by atoms with Gasteiger partial charge in [-0.2, -0.15) is 0 Å². The molecule has 1 amide bonds. The maximum atomic E-state index is 11.2. The molecule has 0 aliphatic heterocycles. The molecule has 0 radical (unpaired) electrons. The van der Waals surface area contributed by atoms with E-state index in [9.17, 15) is 9.59 Å². The number of carboxylic acid groups (broad SMARTS) is 1. The van der Waals surface area contributed by atoms with Crippen LogP contribution in [0, 0.1) is 11.8 Å². The fraction of sp³-hybridized carbons (Fsp3) is 0.875. The molecular formula is C16H33ClN2O5. The van der Waals surface area contributed by atoms with Crippen molar-refractivity contribution < 1.29 is 24.4 Å². The van der Waals surface area contributed by atoms with Crippen LogP contribution in [0.2, 0.25) is 0 Å². The van der Waals surface area contributed by atoms with Gasteiger partial charge in [0.05, 0.1) is 14.2 Å². The zero-order valence-electron chi connectivity index (χ0n) is 15.2. The number of hydrogen-bond acceptors (Lipinski definition) is 5. The van der Waals surface area contributed by atoms with E-state index < -0.39 is 5.97 Å². The van der Waals surface area contributed by atoms with Crippen molar-refractivity contribution in [3.05, 3.63) is 0 Å². The Labute approximate surface area is 151 Å². The molecule has 2 rings (SSSR count). The van der Waals surface area contributed by atoms with Gasteiger partial charge < -0.3 is 9.94 Å². The highest BCUT2D eigenvalue weighted by molar-refractivity contribution is 5.85. The van der Waals surface area contributed by atoms with Gasteiger partial charge in [0, 0.05) is 26.9 Å². The summed E-state index contributed by atoms with van der Waals surface area (Å²) < 4.78 is 0. The van der Waals surface area contributed by atoms with Gasteiger partial charge in [-0.3, -0.25) is 14.4 Å². The fourth-order valence-corrected chi connectivity index (χ4v) is 2.12. The van der Waals surface area contributed by atoms with E-state index in [0.29, 0.717) is 24.7 Å². The number of carbonyl (C=O) groups excluding carboxylic acids is 1. The predicted molar refractivity (Wildman–Crippen MR) is 94.6 cm³/mol. The van der Waals surface area contributed by atoms with Gasteiger partial charge in [-0.25, -0.2) is 10.5 Å². The van der Waals surface area contributed by atoms with Gasteiger partial charge >= 0.3 is 5.97 Å². The smallest absolute Gasteiger partial charge is 0.303 e. The van der Waals surface area contributed by atoms with Crippen LogP contribution in [-0.4, -0.2) is 50.4 Å². The number of aliphatic carboxylic acids is 1. The Morgan fingerprint density at radius 1 is 1.08 bits per heavy atom. The summed E-state index contributed by atoms with van der Waals surface area (Å²) in [4.78, 5) is 30.2. The Morgan fingerprint density at radius 2 is 1.50 bits per heavy atom. The molecule has 2 N–H and O–H groups in total. The third-order valence-electron chi connectivity index (χ3n) is 4.21. The highest BCUT2D eigenvalue weighted by atomic mass is 35.5. The maximum absolute atomic E-state index is 11.2. The Morgan fingerprint density at radius 3 is 1.71 bits per heavy atom. The van der Waals surface area contributed by atoms with Gasteiger partial charge in [0.2, 0.25) is 5.91 Å². The lowest BCUT2D eigenvalue weighted by Crippen LogP contribution is -2.29. The van der Waals surface area contributed by atoms with Crippen LogP contribution in [0.5, 0.6) is 0 Å². The zero-order chi connectivity index (χ0) is 17.7. The first-order chi connectivity index (χ1) is 10.9. The quantitative estimate of drug-likeness (QED) is 0.701. The summed E-state index contributed by atoms with van der Waals surface area (Å²) in [6, 6.07) is 0. The highest BCUT2D eigenvalue weighted by Gasteiger charge is 2.22. The first-order valence-electron chi connectivity index (χ1n) is 8.16. The molecule has 0 aromatic carbocycles. The molecule has 0 atom stereocenters. The normalized spacial score (nSPS) is 16.0. The van der Waals surface area contributed by atoms with E-state index in [2.05, 4.69) is 10.3 Å². The first kappa shape index (κ1) is 25.4. The van der Waals surface area contributed by atoms with Crippen molar-refractivity contribution in [2.24, 2.45) is 11.8 Å². The molecular weight excluding hydrogens is 336 g/mol. The van der Waals surface area contributed by atoms with Crippen LogP contribution < -0.4 is 5.48 Å². The maximum Gasteiger partial charge on any atom is 0.303 e. The van der Waals surface area contributed by atoms with Crippen LogP contribution in [0.25, 0.3) is 0 Å². The molecule has 2 saturated carbocycles. The molecule has 0 bridgehead atoms. The summed E-state index contributed by atoms with van der Waals surface area (Å²) in [6.07, 6.45) is 8.25. The van der Waals surface area contributed by atoms with Crippen molar-refractivity contribution in [3.63, 3.8) is 0 Å². The third kappa shape index (κ3) is 12.5. The number of amides is 1. The number of hydroxylamine groups is 3. The van der Waals surface area contributed by atoms with Gasteiger partial charge in [-0.15, -0.1) is 12.4 Å². The van der Waals surface area contributed by atoms with Crippen molar-refractivity contribution in [2.45, 2.75) is 51.4 Å². The Kier molecular flexibility index (Phi) is 16.5. The second-order valence-corrected chi connectivity index (χ2v) is 5.88. The average Bonchev–Trinajstić information content (AvgIpc) is 2.46. The molecule has 2 aliphatic rings. The highest BCUT2D eigenvalue weighted by Crippen LogP contribution is 2.29. The Bertz CT molecular complexity index is 334. The minimum Gasteiger partial charge on any atom is -0.481 e. The van der Waals surface area contributed by atoms with Crippen LogP contribution in [0.4, 0.5) is 0 Å². The second kappa shape index (κ2) is 15.6. The van der Waals surface area contributed by atoms with Crippen LogP contribution >= 0.6 is 12.4 Å². The summed E-state index contributed by atoms with van der Waals surface area (Å²) >= 11 is 0. The molecule has 7 nitrogen and oxygen atoms in total. The monoisotopic (exact) mass is 368 g/mol. The Balaban J connectivity index is 0. The summed E-state index contributed by atoms with van der Waals surface area (Å²) in [5.41, 5.74) is 2.43. The van der Waals surface area contributed by atoms with Crippen molar-refractivity contribution in [1.82, 2.24) is 10.5 Å².